The maximum absolute atomic E-state index is 5.75. The van der Waals surface area contributed by atoms with Crippen LogP contribution < -0.4 is 5.32 Å². The molecule has 0 amide bonds. The highest BCUT2D eigenvalue weighted by Gasteiger charge is 2.41. The molecule has 0 bridgehead atoms. The van der Waals surface area contributed by atoms with Crippen LogP contribution in [0.1, 0.15) is 43.0 Å². The summed E-state index contributed by atoms with van der Waals surface area (Å²) < 4.78 is 2.27. The summed E-state index contributed by atoms with van der Waals surface area (Å²) in [7, 11) is 0. The van der Waals surface area contributed by atoms with Crippen LogP contribution in [-0.2, 0) is 0 Å². The lowest BCUT2D eigenvalue weighted by atomic mass is 10.0. The molecule has 1 fully saturated rings. The molecule has 4 heterocycles. The summed E-state index contributed by atoms with van der Waals surface area (Å²) in [4.78, 5) is 11.3. The van der Waals surface area contributed by atoms with Gasteiger partial charge in [-0.2, -0.15) is 0 Å². The van der Waals surface area contributed by atoms with Crippen LogP contribution in [0.3, 0.4) is 0 Å². The monoisotopic (exact) mass is 391 g/mol. The van der Waals surface area contributed by atoms with Gasteiger partial charge in [-0.05, 0) is 61.5 Å². The SMILES string of the molecule is Cc1ccc([C@H]2[C@H](c3ccccn3)NC(=S)N2CC(C)C)n1-c1cccnc1. The van der Waals surface area contributed by atoms with Gasteiger partial charge in [0.05, 0.1) is 29.7 Å². The largest absolute Gasteiger partial charge is 0.352 e. The third-order valence-electron chi connectivity index (χ3n) is 5.07. The Morgan fingerprint density at radius 3 is 2.64 bits per heavy atom. The molecule has 3 aromatic rings. The molecule has 1 saturated heterocycles. The van der Waals surface area contributed by atoms with Gasteiger partial charge >= 0.3 is 0 Å². The van der Waals surface area contributed by atoms with E-state index >= 15 is 0 Å². The van der Waals surface area contributed by atoms with Gasteiger partial charge in [0.1, 0.15) is 0 Å². The van der Waals surface area contributed by atoms with Gasteiger partial charge in [0.2, 0.25) is 0 Å². The van der Waals surface area contributed by atoms with E-state index in [1.54, 1.807) is 6.20 Å². The van der Waals surface area contributed by atoms with Crippen molar-refractivity contribution >= 4 is 17.3 Å². The molecule has 1 aliphatic heterocycles. The minimum Gasteiger partial charge on any atom is -0.352 e. The van der Waals surface area contributed by atoms with E-state index in [9.17, 15) is 0 Å². The summed E-state index contributed by atoms with van der Waals surface area (Å²) in [5.74, 6) is 0.493. The van der Waals surface area contributed by atoms with Crippen molar-refractivity contribution in [3.63, 3.8) is 0 Å². The van der Waals surface area contributed by atoms with Crippen LogP contribution in [0.2, 0.25) is 0 Å². The number of aromatic nitrogens is 3. The molecular formula is C22H25N5S. The van der Waals surface area contributed by atoms with Gasteiger partial charge in [-0.15, -0.1) is 0 Å². The summed E-state index contributed by atoms with van der Waals surface area (Å²) in [5, 5.41) is 4.31. The fourth-order valence-corrected chi connectivity index (χ4v) is 4.26. The summed E-state index contributed by atoms with van der Waals surface area (Å²) in [5.41, 5.74) is 4.42. The molecule has 4 rings (SSSR count). The predicted octanol–water partition coefficient (Wildman–Crippen LogP) is 4.20. The lowest BCUT2D eigenvalue weighted by Crippen LogP contribution is -2.33. The van der Waals surface area contributed by atoms with E-state index in [4.69, 9.17) is 12.2 Å². The first-order valence-corrected chi connectivity index (χ1v) is 10.0. The van der Waals surface area contributed by atoms with Crippen molar-refractivity contribution in [1.82, 2.24) is 24.8 Å². The lowest BCUT2D eigenvalue weighted by molar-refractivity contribution is 0.280. The number of aryl methyl sites for hydroxylation is 1. The van der Waals surface area contributed by atoms with Crippen molar-refractivity contribution in [2.45, 2.75) is 32.9 Å². The number of rotatable bonds is 5. The fourth-order valence-electron chi connectivity index (χ4n) is 3.95. The minimum absolute atomic E-state index is 0.00262. The molecule has 0 spiro atoms. The van der Waals surface area contributed by atoms with Crippen molar-refractivity contribution in [2.24, 2.45) is 5.92 Å². The van der Waals surface area contributed by atoms with Gasteiger partial charge in [-0.1, -0.05) is 19.9 Å². The summed E-state index contributed by atoms with van der Waals surface area (Å²) >= 11 is 5.75. The number of pyridine rings is 2. The molecule has 3 aromatic heterocycles. The summed E-state index contributed by atoms with van der Waals surface area (Å²) in [6.07, 6.45) is 5.55. The first-order chi connectivity index (χ1) is 13.6. The second-order valence-corrected chi connectivity index (χ2v) is 8.01. The number of hydrogen-bond acceptors (Lipinski definition) is 3. The molecule has 2 atom stereocenters. The first kappa shape index (κ1) is 18.6. The number of nitrogens with zero attached hydrogens (tertiary/aromatic N) is 4. The third kappa shape index (κ3) is 3.40. The highest BCUT2D eigenvalue weighted by Crippen LogP contribution is 2.40. The fraction of sp³-hybridized carbons (Fsp3) is 0.318. The first-order valence-electron chi connectivity index (χ1n) is 9.63. The second-order valence-electron chi connectivity index (χ2n) is 7.62. The smallest absolute Gasteiger partial charge is 0.170 e. The van der Waals surface area contributed by atoms with Crippen LogP contribution in [0.4, 0.5) is 0 Å². The Morgan fingerprint density at radius 1 is 1.11 bits per heavy atom. The summed E-state index contributed by atoms with van der Waals surface area (Å²) in [6, 6.07) is 14.5. The highest BCUT2D eigenvalue weighted by atomic mass is 32.1. The molecule has 0 saturated carbocycles. The Kier molecular flexibility index (Phi) is 5.13. The molecule has 1 N–H and O–H groups in total. The predicted molar refractivity (Wildman–Crippen MR) is 115 cm³/mol. The zero-order chi connectivity index (χ0) is 19.7. The Labute approximate surface area is 171 Å². The van der Waals surface area contributed by atoms with Gasteiger partial charge in [-0.3, -0.25) is 9.97 Å². The molecule has 1 aliphatic rings. The van der Waals surface area contributed by atoms with Gasteiger partial charge in [0.15, 0.2) is 5.11 Å². The van der Waals surface area contributed by atoms with E-state index < -0.39 is 0 Å². The Balaban J connectivity index is 1.85. The van der Waals surface area contributed by atoms with Crippen LogP contribution in [0.15, 0.2) is 61.1 Å². The van der Waals surface area contributed by atoms with Crippen molar-refractivity contribution in [2.75, 3.05) is 6.54 Å². The zero-order valence-electron chi connectivity index (χ0n) is 16.4. The van der Waals surface area contributed by atoms with Crippen LogP contribution >= 0.6 is 12.2 Å². The lowest BCUT2D eigenvalue weighted by Gasteiger charge is -2.30. The van der Waals surface area contributed by atoms with Crippen LogP contribution in [0.25, 0.3) is 5.69 Å². The average Bonchev–Trinajstić information content (AvgIpc) is 3.23. The van der Waals surface area contributed by atoms with Crippen molar-refractivity contribution in [3.05, 3.63) is 78.1 Å². The van der Waals surface area contributed by atoms with Gasteiger partial charge in [-0.25, -0.2) is 0 Å². The average molecular weight is 392 g/mol. The maximum Gasteiger partial charge on any atom is 0.170 e. The standard InChI is InChI=1S/C22H25N5S/c1-15(2)14-26-21(20(25-22(26)28)18-8-4-5-12-24-18)19-10-9-16(3)27(19)17-7-6-11-23-13-17/h4-13,15,20-21H,14H2,1-3H3,(H,25,28)/t20-,21-/m0/s1. The normalized spacial score (nSPS) is 19.3. The van der Waals surface area contributed by atoms with E-state index in [1.165, 1.54) is 11.4 Å². The Morgan fingerprint density at radius 2 is 1.96 bits per heavy atom. The number of thiocarbonyl (C=S) groups is 1. The topological polar surface area (TPSA) is 46.0 Å². The molecule has 0 aromatic carbocycles. The van der Waals surface area contributed by atoms with Crippen molar-refractivity contribution < 1.29 is 0 Å². The number of nitrogens with one attached hydrogen (secondary N) is 1. The summed E-state index contributed by atoms with van der Waals surface area (Å²) in [6.45, 7) is 7.45. The van der Waals surface area contributed by atoms with Crippen LogP contribution in [0.5, 0.6) is 0 Å². The molecular weight excluding hydrogens is 366 g/mol. The Hall–Kier alpha value is -2.73. The second kappa shape index (κ2) is 7.72. The van der Waals surface area contributed by atoms with E-state index in [0.717, 1.165) is 23.0 Å². The van der Waals surface area contributed by atoms with Gasteiger partial charge < -0.3 is 14.8 Å². The van der Waals surface area contributed by atoms with Crippen molar-refractivity contribution in [1.29, 1.82) is 0 Å². The van der Waals surface area contributed by atoms with E-state index in [0.29, 0.717) is 5.92 Å². The third-order valence-corrected chi connectivity index (χ3v) is 5.43. The van der Waals surface area contributed by atoms with Gasteiger partial charge in [0.25, 0.3) is 0 Å². The molecule has 0 aliphatic carbocycles. The van der Waals surface area contributed by atoms with E-state index in [2.05, 4.69) is 69.8 Å². The molecule has 0 unspecified atom stereocenters. The molecule has 5 nitrogen and oxygen atoms in total. The van der Waals surface area contributed by atoms with Gasteiger partial charge in [0, 0.05) is 30.3 Å². The van der Waals surface area contributed by atoms with Crippen molar-refractivity contribution in [3.8, 4) is 5.69 Å². The molecule has 144 valence electrons. The minimum atomic E-state index is -0.00262. The molecule has 28 heavy (non-hydrogen) atoms. The maximum atomic E-state index is 5.75. The van der Waals surface area contributed by atoms with E-state index in [-0.39, 0.29) is 12.1 Å². The van der Waals surface area contributed by atoms with E-state index in [1.807, 2.05) is 30.6 Å². The highest BCUT2D eigenvalue weighted by molar-refractivity contribution is 7.80. The zero-order valence-corrected chi connectivity index (χ0v) is 17.2. The molecule has 0 radical (unpaired) electrons. The Bertz CT molecular complexity index is 952. The number of hydrogen-bond donors (Lipinski definition) is 1. The molecule has 6 heteroatoms. The quantitative estimate of drug-likeness (QED) is 0.661. The van der Waals surface area contributed by atoms with Crippen LogP contribution in [0, 0.1) is 12.8 Å². The van der Waals surface area contributed by atoms with Crippen LogP contribution in [-0.4, -0.2) is 31.1 Å².